The van der Waals surface area contributed by atoms with E-state index in [-0.39, 0.29) is 12.4 Å². The van der Waals surface area contributed by atoms with Crippen molar-refractivity contribution in [3.8, 4) is 11.5 Å². The van der Waals surface area contributed by atoms with Gasteiger partial charge in [-0.3, -0.25) is 0 Å². The van der Waals surface area contributed by atoms with E-state index in [1.54, 1.807) is 24.3 Å². The van der Waals surface area contributed by atoms with Gasteiger partial charge in [0.25, 0.3) is 0 Å². The molecule has 0 atom stereocenters. The van der Waals surface area contributed by atoms with E-state index in [2.05, 4.69) is 15.9 Å². The summed E-state index contributed by atoms with van der Waals surface area (Å²) in [7, 11) is 0. The van der Waals surface area contributed by atoms with Crippen molar-refractivity contribution in [3.63, 3.8) is 0 Å². The number of esters is 1. The number of halogens is 1. The molecular weight excluding hydrogens is 436 g/mol. The van der Waals surface area contributed by atoms with Crippen LogP contribution >= 0.6 is 15.9 Å². The van der Waals surface area contributed by atoms with Gasteiger partial charge >= 0.3 is 11.6 Å². The van der Waals surface area contributed by atoms with Gasteiger partial charge in [-0.2, -0.15) is 0 Å². The number of aryl methyl sites for hydroxylation is 2. The van der Waals surface area contributed by atoms with Crippen LogP contribution < -0.4 is 15.1 Å². The zero-order valence-electron chi connectivity index (χ0n) is 15.8. The maximum Gasteiger partial charge on any atom is 0.349 e. The maximum absolute atomic E-state index is 12.2. The fraction of sp³-hybridized carbons (Fsp3) is 0.130. The molecule has 146 valence electrons. The van der Waals surface area contributed by atoms with Crippen molar-refractivity contribution >= 4 is 43.6 Å². The Hall–Kier alpha value is -3.12. The number of carbonyl (C=O) groups is 1. The molecular formula is C23H17BrO5. The molecule has 3 aromatic carbocycles. The van der Waals surface area contributed by atoms with Crippen LogP contribution in [-0.4, -0.2) is 12.6 Å². The lowest BCUT2D eigenvalue weighted by molar-refractivity contribution is -0.136. The summed E-state index contributed by atoms with van der Waals surface area (Å²) >= 11 is 3.43. The molecule has 29 heavy (non-hydrogen) atoms. The zero-order valence-corrected chi connectivity index (χ0v) is 17.4. The van der Waals surface area contributed by atoms with E-state index in [9.17, 15) is 9.59 Å². The summed E-state index contributed by atoms with van der Waals surface area (Å²) in [6.07, 6.45) is 0. The van der Waals surface area contributed by atoms with Crippen LogP contribution in [0.5, 0.6) is 11.5 Å². The number of fused-ring (bicyclic) bond motifs is 3. The molecule has 1 aromatic heterocycles. The molecule has 0 aliphatic heterocycles. The number of hydrogen-bond donors (Lipinski definition) is 0. The quantitative estimate of drug-likeness (QED) is 0.181. The van der Waals surface area contributed by atoms with E-state index in [1.807, 2.05) is 38.1 Å². The minimum absolute atomic E-state index is 0.233. The van der Waals surface area contributed by atoms with E-state index in [0.29, 0.717) is 16.7 Å². The van der Waals surface area contributed by atoms with Gasteiger partial charge in [-0.25, -0.2) is 9.59 Å². The van der Waals surface area contributed by atoms with Crippen LogP contribution in [0.4, 0.5) is 0 Å². The number of ether oxygens (including phenoxy) is 2. The lowest BCUT2D eigenvalue weighted by Gasteiger charge is -2.12. The first kappa shape index (κ1) is 19.2. The van der Waals surface area contributed by atoms with Crippen LogP contribution in [0.15, 0.2) is 68.3 Å². The van der Waals surface area contributed by atoms with Crippen molar-refractivity contribution < 1.29 is 18.7 Å². The highest BCUT2D eigenvalue weighted by molar-refractivity contribution is 9.10. The molecule has 0 aliphatic rings. The van der Waals surface area contributed by atoms with Crippen molar-refractivity contribution in [1.82, 2.24) is 0 Å². The van der Waals surface area contributed by atoms with E-state index < -0.39 is 11.6 Å². The maximum atomic E-state index is 12.2. The van der Waals surface area contributed by atoms with E-state index >= 15 is 0 Å². The highest BCUT2D eigenvalue weighted by Crippen LogP contribution is 2.28. The van der Waals surface area contributed by atoms with Gasteiger partial charge in [0.1, 0.15) is 17.1 Å². The van der Waals surface area contributed by atoms with Gasteiger partial charge in [0.2, 0.25) is 0 Å². The molecule has 0 bridgehead atoms. The first-order valence-electron chi connectivity index (χ1n) is 8.98. The molecule has 0 saturated carbocycles. The fourth-order valence-corrected chi connectivity index (χ4v) is 4.03. The number of benzene rings is 3. The van der Waals surface area contributed by atoms with Crippen LogP contribution in [0.25, 0.3) is 21.7 Å². The molecule has 4 aromatic rings. The summed E-state index contributed by atoms with van der Waals surface area (Å²) in [6, 6.07) is 16.0. The molecule has 0 unspecified atom stereocenters. The Bertz CT molecular complexity index is 1280. The average molecular weight is 453 g/mol. The van der Waals surface area contributed by atoms with E-state index in [0.717, 1.165) is 26.4 Å². The van der Waals surface area contributed by atoms with Crippen LogP contribution in [0.1, 0.15) is 11.1 Å². The number of rotatable bonds is 4. The van der Waals surface area contributed by atoms with Crippen molar-refractivity contribution in [3.05, 3.63) is 80.6 Å². The summed E-state index contributed by atoms with van der Waals surface area (Å²) in [4.78, 5) is 24.4. The van der Waals surface area contributed by atoms with E-state index in [4.69, 9.17) is 13.9 Å². The molecule has 1 heterocycles. The molecule has 0 amide bonds. The summed E-state index contributed by atoms with van der Waals surface area (Å²) < 4.78 is 17.4. The molecule has 0 aliphatic carbocycles. The molecule has 6 heteroatoms. The largest absolute Gasteiger partial charge is 0.481 e. The van der Waals surface area contributed by atoms with Crippen molar-refractivity contribution in [2.75, 3.05) is 6.61 Å². The smallest absolute Gasteiger partial charge is 0.349 e. The van der Waals surface area contributed by atoms with E-state index in [1.165, 1.54) is 6.07 Å². The second kappa shape index (κ2) is 7.72. The van der Waals surface area contributed by atoms with Gasteiger partial charge in [0, 0.05) is 15.9 Å². The van der Waals surface area contributed by atoms with Gasteiger partial charge in [-0.05, 0) is 60.7 Å². The third-order valence-electron chi connectivity index (χ3n) is 4.58. The predicted octanol–water partition coefficient (Wildman–Crippen LogP) is 5.31. The van der Waals surface area contributed by atoms with Gasteiger partial charge in [0.15, 0.2) is 6.61 Å². The minimum atomic E-state index is -0.547. The van der Waals surface area contributed by atoms with Crippen LogP contribution in [0, 0.1) is 13.8 Å². The molecule has 0 radical (unpaired) electrons. The molecule has 0 spiro atoms. The normalized spacial score (nSPS) is 11.0. The topological polar surface area (TPSA) is 65.7 Å². The van der Waals surface area contributed by atoms with Crippen molar-refractivity contribution in [2.45, 2.75) is 13.8 Å². The second-order valence-electron chi connectivity index (χ2n) is 6.72. The third-order valence-corrected chi connectivity index (χ3v) is 5.04. The SMILES string of the molecule is Cc1cc(Br)cc(C)c1OCC(=O)Oc1ccc2c(c1)oc(=O)c1ccccc12. The fourth-order valence-electron chi connectivity index (χ4n) is 3.34. The second-order valence-corrected chi connectivity index (χ2v) is 7.64. The standard InChI is InChI=1S/C23H17BrO5/c1-13-9-15(24)10-14(2)22(13)27-12-21(25)28-16-7-8-18-17-5-3-4-6-19(17)23(26)29-20(18)11-16/h3-11H,12H2,1-2H3. The molecule has 5 nitrogen and oxygen atoms in total. The number of carbonyl (C=O) groups excluding carboxylic acids is 1. The predicted molar refractivity (Wildman–Crippen MR) is 115 cm³/mol. The molecule has 0 saturated heterocycles. The zero-order chi connectivity index (χ0) is 20.5. The lowest BCUT2D eigenvalue weighted by Crippen LogP contribution is -2.18. The van der Waals surface area contributed by atoms with Gasteiger partial charge in [-0.1, -0.05) is 34.1 Å². The van der Waals surface area contributed by atoms with Crippen LogP contribution in [-0.2, 0) is 4.79 Å². The first-order valence-corrected chi connectivity index (χ1v) is 9.77. The first-order chi connectivity index (χ1) is 13.9. The Morgan fingerprint density at radius 2 is 1.66 bits per heavy atom. The van der Waals surface area contributed by atoms with Gasteiger partial charge < -0.3 is 13.9 Å². The summed E-state index contributed by atoms with van der Waals surface area (Å²) in [5.41, 5.74) is 1.77. The lowest BCUT2D eigenvalue weighted by atomic mass is 10.1. The van der Waals surface area contributed by atoms with Gasteiger partial charge in [0.05, 0.1) is 5.39 Å². The van der Waals surface area contributed by atoms with Gasteiger partial charge in [-0.15, -0.1) is 0 Å². The van der Waals surface area contributed by atoms with Crippen molar-refractivity contribution in [2.24, 2.45) is 0 Å². The third kappa shape index (κ3) is 3.89. The van der Waals surface area contributed by atoms with Crippen LogP contribution in [0.2, 0.25) is 0 Å². The highest BCUT2D eigenvalue weighted by atomic mass is 79.9. The van der Waals surface area contributed by atoms with Crippen LogP contribution in [0.3, 0.4) is 0 Å². The Balaban J connectivity index is 1.54. The monoisotopic (exact) mass is 452 g/mol. The Morgan fingerprint density at radius 3 is 2.38 bits per heavy atom. The average Bonchev–Trinajstić information content (AvgIpc) is 2.67. The Kier molecular flexibility index (Phi) is 5.11. The minimum Gasteiger partial charge on any atom is -0.481 e. The van der Waals surface area contributed by atoms with Crippen molar-refractivity contribution in [1.29, 1.82) is 0 Å². The summed E-state index contributed by atoms with van der Waals surface area (Å²) in [5, 5.41) is 2.08. The Morgan fingerprint density at radius 1 is 0.966 bits per heavy atom. The molecule has 0 N–H and O–H groups in total. The summed E-state index contributed by atoms with van der Waals surface area (Å²) in [6.45, 7) is 3.59. The number of hydrogen-bond acceptors (Lipinski definition) is 5. The highest BCUT2D eigenvalue weighted by Gasteiger charge is 2.12. The summed E-state index contributed by atoms with van der Waals surface area (Å²) in [5.74, 6) is 0.393. The molecule has 0 fully saturated rings. The molecule has 4 rings (SSSR count). The Labute approximate surface area is 175 Å².